The quantitative estimate of drug-likeness (QED) is 0.710. The average Bonchev–Trinajstić information content (AvgIpc) is 2.67. The van der Waals surface area contributed by atoms with Gasteiger partial charge in [-0.2, -0.15) is 0 Å². The summed E-state index contributed by atoms with van der Waals surface area (Å²) in [6.07, 6.45) is 0. The van der Waals surface area contributed by atoms with Crippen LogP contribution in [0.3, 0.4) is 0 Å². The second-order valence-corrected chi connectivity index (χ2v) is 7.22. The molecule has 0 unspecified atom stereocenters. The van der Waals surface area contributed by atoms with Crippen LogP contribution in [0.1, 0.15) is 0 Å². The van der Waals surface area contributed by atoms with Gasteiger partial charge in [-0.25, -0.2) is 0 Å². The van der Waals surface area contributed by atoms with Gasteiger partial charge in [0.15, 0.2) is 6.61 Å². The van der Waals surface area contributed by atoms with Gasteiger partial charge < -0.3 is 19.3 Å². The molecule has 2 aromatic carbocycles. The van der Waals surface area contributed by atoms with E-state index in [1.54, 1.807) is 25.3 Å². The highest BCUT2D eigenvalue weighted by atomic mass is 79.9. The van der Waals surface area contributed by atoms with Gasteiger partial charge in [-0.15, -0.1) is 0 Å². The lowest BCUT2D eigenvalue weighted by Gasteiger charge is -2.36. The fourth-order valence-electron chi connectivity index (χ4n) is 2.83. The van der Waals surface area contributed by atoms with Crippen LogP contribution in [0.2, 0.25) is 5.02 Å². The highest BCUT2D eigenvalue weighted by Crippen LogP contribution is 2.28. The van der Waals surface area contributed by atoms with Crippen LogP contribution in [0.4, 0.5) is 5.69 Å². The van der Waals surface area contributed by atoms with Crippen LogP contribution in [0.5, 0.6) is 11.5 Å². The third kappa shape index (κ3) is 4.62. The molecule has 3 rings (SSSR count). The largest absolute Gasteiger partial charge is 0.497 e. The summed E-state index contributed by atoms with van der Waals surface area (Å²) in [4.78, 5) is 16.5. The lowest BCUT2D eigenvalue weighted by atomic mass is 10.2. The Morgan fingerprint density at radius 1 is 1.12 bits per heavy atom. The number of rotatable bonds is 5. The van der Waals surface area contributed by atoms with E-state index in [0.29, 0.717) is 23.9 Å². The smallest absolute Gasteiger partial charge is 0.260 e. The average molecular weight is 440 g/mol. The molecule has 1 aliphatic heterocycles. The molecule has 0 saturated carbocycles. The Bertz CT molecular complexity index is 762. The molecule has 5 nitrogen and oxygen atoms in total. The predicted molar refractivity (Wildman–Crippen MR) is 106 cm³/mol. The van der Waals surface area contributed by atoms with Crippen molar-refractivity contribution in [3.63, 3.8) is 0 Å². The van der Waals surface area contributed by atoms with Crippen molar-refractivity contribution in [2.45, 2.75) is 0 Å². The molecule has 0 aromatic heterocycles. The summed E-state index contributed by atoms with van der Waals surface area (Å²) in [5.74, 6) is 1.44. The highest BCUT2D eigenvalue weighted by molar-refractivity contribution is 9.10. The number of hydrogen-bond acceptors (Lipinski definition) is 4. The first kappa shape index (κ1) is 18.9. The standard InChI is InChI=1S/C19H20BrClN2O3/c1-25-16-5-3-15(4-6-16)22-8-10-23(11-9-22)19(24)13-26-18-7-2-14(21)12-17(18)20/h2-7,12H,8-11,13H2,1H3. The van der Waals surface area contributed by atoms with E-state index in [1.165, 1.54) is 0 Å². The molecule has 0 N–H and O–H groups in total. The predicted octanol–water partition coefficient (Wildman–Crippen LogP) is 3.84. The molecule has 1 heterocycles. The van der Waals surface area contributed by atoms with Gasteiger partial charge in [-0.1, -0.05) is 11.6 Å². The van der Waals surface area contributed by atoms with Crippen LogP contribution < -0.4 is 14.4 Å². The van der Waals surface area contributed by atoms with Crippen LogP contribution in [-0.4, -0.2) is 50.7 Å². The number of amides is 1. The minimum atomic E-state index is -0.0127. The molecule has 138 valence electrons. The molecule has 0 spiro atoms. The first-order chi connectivity index (χ1) is 12.6. The Morgan fingerprint density at radius 2 is 1.81 bits per heavy atom. The zero-order valence-electron chi connectivity index (χ0n) is 14.5. The number of anilines is 1. The second-order valence-electron chi connectivity index (χ2n) is 5.93. The Morgan fingerprint density at radius 3 is 2.42 bits per heavy atom. The molecule has 1 amide bonds. The lowest BCUT2D eigenvalue weighted by molar-refractivity contribution is -0.133. The van der Waals surface area contributed by atoms with Crippen LogP contribution in [0, 0.1) is 0 Å². The number of carbonyl (C=O) groups excluding carboxylic acids is 1. The van der Waals surface area contributed by atoms with Crippen molar-refractivity contribution in [2.75, 3.05) is 44.8 Å². The van der Waals surface area contributed by atoms with Gasteiger partial charge in [0.2, 0.25) is 0 Å². The molecular weight excluding hydrogens is 420 g/mol. The minimum absolute atomic E-state index is 0.0127. The monoisotopic (exact) mass is 438 g/mol. The first-order valence-electron chi connectivity index (χ1n) is 8.31. The van der Waals surface area contributed by atoms with E-state index in [9.17, 15) is 4.79 Å². The van der Waals surface area contributed by atoms with E-state index in [0.717, 1.165) is 29.0 Å². The maximum absolute atomic E-state index is 12.4. The van der Waals surface area contributed by atoms with Gasteiger partial charge in [0.05, 0.1) is 11.6 Å². The summed E-state index contributed by atoms with van der Waals surface area (Å²) in [5, 5.41) is 0.616. The molecule has 1 aliphatic rings. The maximum atomic E-state index is 12.4. The number of hydrogen-bond donors (Lipinski definition) is 0. The first-order valence-corrected chi connectivity index (χ1v) is 9.48. The van der Waals surface area contributed by atoms with Crippen molar-refractivity contribution in [2.24, 2.45) is 0 Å². The van der Waals surface area contributed by atoms with Crippen LogP contribution in [-0.2, 0) is 4.79 Å². The maximum Gasteiger partial charge on any atom is 0.260 e. The molecule has 0 atom stereocenters. The molecule has 0 radical (unpaired) electrons. The van der Waals surface area contributed by atoms with Crippen molar-refractivity contribution in [3.05, 3.63) is 52.0 Å². The fraction of sp³-hybridized carbons (Fsp3) is 0.316. The molecule has 26 heavy (non-hydrogen) atoms. The molecule has 2 aromatic rings. The van der Waals surface area contributed by atoms with E-state index >= 15 is 0 Å². The molecule has 0 bridgehead atoms. The van der Waals surface area contributed by atoms with Gasteiger partial charge in [-0.05, 0) is 58.4 Å². The zero-order valence-corrected chi connectivity index (χ0v) is 16.8. The molecule has 1 fully saturated rings. The van der Waals surface area contributed by atoms with E-state index in [2.05, 4.69) is 20.8 Å². The van der Waals surface area contributed by atoms with Crippen molar-refractivity contribution in [1.82, 2.24) is 4.90 Å². The van der Waals surface area contributed by atoms with Gasteiger partial charge in [0.25, 0.3) is 5.91 Å². The molecule has 1 saturated heterocycles. The van der Waals surface area contributed by atoms with Crippen LogP contribution in [0.15, 0.2) is 46.9 Å². The highest BCUT2D eigenvalue weighted by Gasteiger charge is 2.21. The lowest BCUT2D eigenvalue weighted by Crippen LogP contribution is -2.50. The summed E-state index contributed by atoms with van der Waals surface area (Å²) >= 11 is 9.30. The van der Waals surface area contributed by atoms with Crippen molar-refractivity contribution < 1.29 is 14.3 Å². The second kappa shape index (κ2) is 8.64. The summed E-state index contributed by atoms with van der Waals surface area (Å²) in [5.41, 5.74) is 1.14. The van der Waals surface area contributed by atoms with Crippen molar-refractivity contribution in [1.29, 1.82) is 0 Å². The number of halogens is 2. The number of benzene rings is 2. The summed E-state index contributed by atoms with van der Waals surface area (Å²) in [7, 11) is 1.66. The summed E-state index contributed by atoms with van der Waals surface area (Å²) < 4.78 is 11.5. The number of nitrogens with zero attached hydrogens (tertiary/aromatic N) is 2. The van der Waals surface area contributed by atoms with Gasteiger partial charge in [0.1, 0.15) is 11.5 Å². The Kier molecular flexibility index (Phi) is 6.27. The fourth-order valence-corrected chi connectivity index (χ4v) is 3.63. The van der Waals surface area contributed by atoms with Crippen LogP contribution in [0.25, 0.3) is 0 Å². The minimum Gasteiger partial charge on any atom is -0.497 e. The molecule has 0 aliphatic carbocycles. The van der Waals surface area contributed by atoms with E-state index in [4.69, 9.17) is 21.1 Å². The number of piperazine rings is 1. The van der Waals surface area contributed by atoms with Gasteiger partial charge >= 0.3 is 0 Å². The Hall–Kier alpha value is -1.92. The molecular formula is C19H20BrClN2O3. The van der Waals surface area contributed by atoms with Crippen molar-refractivity contribution >= 4 is 39.1 Å². The zero-order chi connectivity index (χ0) is 18.5. The SMILES string of the molecule is COc1ccc(N2CCN(C(=O)COc3ccc(Cl)cc3Br)CC2)cc1. The number of methoxy groups -OCH3 is 1. The normalized spacial score (nSPS) is 14.3. The van der Waals surface area contributed by atoms with Gasteiger partial charge in [-0.3, -0.25) is 4.79 Å². The Balaban J connectivity index is 1.50. The van der Waals surface area contributed by atoms with E-state index < -0.39 is 0 Å². The van der Waals surface area contributed by atoms with Crippen LogP contribution >= 0.6 is 27.5 Å². The third-order valence-electron chi connectivity index (χ3n) is 4.32. The van der Waals surface area contributed by atoms with Crippen molar-refractivity contribution in [3.8, 4) is 11.5 Å². The van der Waals surface area contributed by atoms with Gasteiger partial charge in [0, 0.05) is 36.9 Å². The summed E-state index contributed by atoms with van der Waals surface area (Å²) in [6.45, 7) is 2.96. The van der Waals surface area contributed by atoms with E-state index in [-0.39, 0.29) is 12.5 Å². The van der Waals surface area contributed by atoms with E-state index in [1.807, 2.05) is 29.2 Å². The summed E-state index contributed by atoms with van der Waals surface area (Å²) in [6, 6.07) is 13.2. The Labute approximate surface area is 166 Å². The topological polar surface area (TPSA) is 42.0 Å². The number of ether oxygens (including phenoxy) is 2. The third-order valence-corrected chi connectivity index (χ3v) is 5.17. The number of carbonyl (C=O) groups is 1. The molecule has 7 heteroatoms.